The highest BCUT2D eigenvalue weighted by molar-refractivity contribution is 6.83. The van der Waals surface area contributed by atoms with Gasteiger partial charge in [-0.15, -0.1) is 5.54 Å². The average molecular weight is 242 g/mol. The lowest BCUT2D eigenvalue weighted by atomic mass is 10.0. The normalized spacial score (nSPS) is 18.6. The van der Waals surface area contributed by atoms with Crippen LogP contribution in [0.3, 0.4) is 0 Å². The number of Topliss-reactive ketones (excluding diaryl/α,β-unsaturated/α-hetero) is 1. The van der Waals surface area contributed by atoms with Crippen molar-refractivity contribution >= 4 is 13.9 Å². The fraction of sp³-hybridized carbons (Fsp3) is 0.400. The van der Waals surface area contributed by atoms with Crippen molar-refractivity contribution in [1.82, 2.24) is 0 Å². The Morgan fingerprint density at radius 3 is 2.65 bits per heavy atom. The number of rotatable bonds is 0. The molecule has 0 bridgehead atoms. The number of benzene rings is 1. The number of carbonyl (C=O) groups is 1. The topological polar surface area (TPSA) is 17.1 Å². The quantitative estimate of drug-likeness (QED) is 0.504. The molecule has 0 N–H and O–H groups in total. The van der Waals surface area contributed by atoms with Gasteiger partial charge in [0, 0.05) is 17.0 Å². The third-order valence-electron chi connectivity index (χ3n) is 2.97. The Hall–Kier alpha value is -1.33. The first-order valence-electron chi connectivity index (χ1n) is 6.08. The summed E-state index contributed by atoms with van der Waals surface area (Å²) in [4.78, 5) is 11.9. The Morgan fingerprint density at radius 1 is 1.29 bits per heavy atom. The fourth-order valence-electron chi connectivity index (χ4n) is 2.07. The highest BCUT2D eigenvalue weighted by atomic mass is 28.3. The second kappa shape index (κ2) is 4.16. The Kier molecular flexibility index (Phi) is 2.97. The summed E-state index contributed by atoms with van der Waals surface area (Å²) in [5.41, 5.74) is 6.48. The van der Waals surface area contributed by atoms with Crippen molar-refractivity contribution in [1.29, 1.82) is 0 Å². The maximum Gasteiger partial charge on any atom is 0.166 e. The Bertz CT molecular complexity index is 526. The molecule has 0 spiro atoms. The zero-order chi connectivity index (χ0) is 12.6. The zero-order valence-corrected chi connectivity index (χ0v) is 11.9. The molecule has 1 unspecified atom stereocenters. The monoisotopic (exact) mass is 242 g/mol. The van der Waals surface area contributed by atoms with Crippen LogP contribution in [0.4, 0.5) is 0 Å². The van der Waals surface area contributed by atoms with Crippen molar-refractivity contribution in [2.45, 2.75) is 33.0 Å². The Morgan fingerprint density at radius 2 is 2.00 bits per heavy atom. The smallest absolute Gasteiger partial charge is 0.166 e. The molecular formula is C15H18OSi. The van der Waals surface area contributed by atoms with Crippen molar-refractivity contribution < 1.29 is 4.79 Å². The molecule has 1 aromatic carbocycles. The minimum absolute atomic E-state index is 0.125. The molecule has 1 atom stereocenters. The molecule has 1 aromatic rings. The second-order valence-corrected chi connectivity index (χ2v) is 10.6. The van der Waals surface area contributed by atoms with Gasteiger partial charge in [-0.05, 0) is 18.1 Å². The van der Waals surface area contributed by atoms with Crippen LogP contribution in [0.25, 0.3) is 0 Å². The molecule has 17 heavy (non-hydrogen) atoms. The van der Waals surface area contributed by atoms with E-state index in [0.717, 1.165) is 23.1 Å². The molecule has 1 aliphatic rings. The molecule has 1 nitrogen and oxygen atoms in total. The number of fused-ring (bicyclic) bond motifs is 1. The summed E-state index contributed by atoms with van der Waals surface area (Å²) in [5, 5.41) is 0. The summed E-state index contributed by atoms with van der Waals surface area (Å²) >= 11 is 0. The van der Waals surface area contributed by atoms with Crippen LogP contribution in [0.15, 0.2) is 18.2 Å². The van der Waals surface area contributed by atoms with E-state index in [1.54, 1.807) is 0 Å². The van der Waals surface area contributed by atoms with Gasteiger partial charge in [0.1, 0.15) is 8.07 Å². The SMILES string of the molecule is CC1Cc2c(C#C[Si](C)(C)C)cccc2C1=O. The van der Waals surface area contributed by atoms with E-state index in [-0.39, 0.29) is 11.7 Å². The lowest BCUT2D eigenvalue weighted by molar-refractivity contribution is 0.0946. The van der Waals surface area contributed by atoms with Crippen molar-refractivity contribution in [3.05, 3.63) is 34.9 Å². The number of hydrogen-bond acceptors (Lipinski definition) is 1. The van der Waals surface area contributed by atoms with Crippen LogP contribution >= 0.6 is 0 Å². The summed E-state index contributed by atoms with van der Waals surface area (Å²) in [6.45, 7) is 8.70. The average Bonchev–Trinajstić information content (AvgIpc) is 2.52. The van der Waals surface area contributed by atoms with E-state index < -0.39 is 8.07 Å². The van der Waals surface area contributed by atoms with Crippen LogP contribution in [-0.2, 0) is 6.42 Å². The third kappa shape index (κ3) is 2.50. The molecule has 0 amide bonds. The number of hydrogen-bond donors (Lipinski definition) is 0. The molecule has 0 aliphatic heterocycles. The van der Waals surface area contributed by atoms with Crippen molar-refractivity contribution in [3.8, 4) is 11.5 Å². The van der Waals surface area contributed by atoms with Crippen LogP contribution in [-0.4, -0.2) is 13.9 Å². The first-order chi connectivity index (χ1) is 7.88. The first-order valence-corrected chi connectivity index (χ1v) is 9.58. The summed E-state index contributed by atoms with van der Waals surface area (Å²) in [6, 6.07) is 5.92. The summed E-state index contributed by atoms with van der Waals surface area (Å²) in [5.74, 6) is 3.69. The molecule has 0 saturated carbocycles. The van der Waals surface area contributed by atoms with Gasteiger partial charge in [0.05, 0.1) is 0 Å². The number of ketones is 1. The Labute approximate surface area is 104 Å². The van der Waals surface area contributed by atoms with Gasteiger partial charge in [-0.3, -0.25) is 4.79 Å². The summed E-state index contributed by atoms with van der Waals surface area (Å²) in [6.07, 6.45) is 0.852. The highest BCUT2D eigenvalue weighted by Crippen LogP contribution is 2.28. The maximum atomic E-state index is 11.9. The van der Waals surface area contributed by atoms with Crippen LogP contribution in [0.2, 0.25) is 19.6 Å². The minimum atomic E-state index is -1.35. The molecular weight excluding hydrogens is 224 g/mol. The molecule has 0 radical (unpaired) electrons. The van der Waals surface area contributed by atoms with Gasteiger partial charge in [0.2, 0.25) is 0 Å². The van der Waals surface area contributed by atoms with Gasteiger partial charge in [-0.2, -0.15) is 0 Å². The maximum absolute atomic E-state index is 11.9. The predicted molar refractivity (Wildman–Crippen MR) is 73.9 cm³/mol. The van der Waals surface area contributed by atoms with Gasteiger partial charge in [-0.1, -0.05) is 44.6 Å². The highest BCUT2D eigenvalue weighted by Gasteiger charge is 2.28. The van der Waals surface area contributed by atoms with E-state index in [9.17, 15) is 4.79 Å². The Balaban J connectivity index is 2.45. The fourth-order valence-corrected chi connectivity index (χ4v) is 2.58. The van der Waals surface area contributed by atoms with Gasteiger partial charge in [-0.25, -0.2) is 0 Å². The molecule has 0 aromatic heterocycles. The van der Waals surface area contributed by atoms with Crippen LogP contribution < -0.4 is 0 Å². The lowest BCUT2D eigenvalue weighted by Crippen LogP contribution is -2.16. The zero-order valence-electron chi connectivity index (χ0n) is 10.9. The summed E-state index contributed by atoms with van der Waals surface area (Å²) < 4.78 is 0. The van der Waals surface area contributed by atoms with Gasteiger partial charge in [0.15, 0.2) is 5.78 Å². The van der Waals surface area contributed by atoms with Gasteiger partial charge < -0.3 is 0 Å². The summed E-state index contributed by atoms with van der Waals surface area (Å²) in [7, 11) is -1.35. The molecule has 0 saturated heterocycles. The second-order valence-electron chi connectivity index (χ2n) is 5.80. The standard InChI is InChI=1S/C15H18OSi/c1-11-10-14-12(8-9-17(2,3)4)6-5-7-13(14)15(11)16/h5-7,11H,10H2,1-4H3. The van der Waals surface area contributed by atoms with Crippen LogP contribution in [0.5, 0.6) is 0 Å². The van der Waals surface area contributed by atoms with E-state index in [2.05, 4.69) is 31.1 Å². The van der Waals surface area contributed by atoms with E-state index in [1.165, 1.54) is 0 Å². The molecule has 1 aliphatic carbocycles. The molecule has 0 heterocycles. The molecule has 2 heteroatoms. The van der Waals surface area contributed by atoms with Crippen molar-refractivity contribution in [2.24, 2.45) is 5.92 Å². The van der Waals surface area contributed by atoms with E-state index in [0.29, 0.717) is 0 Å². The molecule has 2 rings (SSSR count). The van der Waals surface area contributed by atoms with Crippen LogP contribution in [0, 0.1) is 17.4 Å². The third-order valence-corrected chi connectivity index (χ3v) is 3.85. The molecule has 0 fully saturated rings. The van der Waals surface area contributed by atoms with E-state index in [4.69, 9.17) is 0 Å². The predicted octanol–water partition coefficient (Wildman–Crippen LogP) is 3.29. The van der Waals surface area contributed by atoms with E-state index in [1.807, 2.05) is 25.1 Å². The minimum Gasteiger partial charge on any atom is -0.294 e. The van der Waals surface area contributed by atoms with Crippen molar-refractivity contribution in [3.63, 3.8) is 0 Å². The largest absolute Gasteiger partial charge is 0.294 e. The number of carbonyl (C=O) groups excluding carboxylic acids is 1. The van der Waals surface area contributed by atoms with Crippen molar-refractivity contribution in [2.75, 3.05) is 0 Å². The van der Waals surface area contributed by atoms with Crippen LogP contribution in [0.1, 0.15) is 28.4 Å². The van der Waals surface area contributed by atoms with E-state index >= 15 is 0 Å². The van der Waals surface area contributed by atoms with Gasteiger partial charge in [0.25, 0.3) is 0 Å². The van der Waals surface area contributed by atoms with Gasteiger partial charge >= 0.3 is 0 Å². The lowest BCUT2D eigenvalue weighted by Gasteiger charge is -2.05. The first kappa shape index (κ1) is 12.1. The molecule has 88 valence electrons.